The summed E-state index contributed by atoms with van der Waals surface area (Å²) in [6.45, 7) is 0.947. The first kappa shape index (κ1) is 40.7. The highest BCUT2D eigenvalue weighted by molar-refractivity contribution is 5.69. The van der Waals surface area contributed by atoms with Crippen LogP contribution in [0.3, 0.4) is 0 Å². The summed E-state index contributed by atoms with van der Waals surface area (Å²) in [5, 5.41) is 0. The summed E-state index contributed by atoms with van der Waals surface area (Å²) in [6, 6.07) is 0. The van der Waals surface area contributed by atoms with Crippen molar-refractivity contribution in [2.24, 2.45) is 0 Å². The third-order valence-electron chi connectivity index (χ3n) is 9.09. The average Bonchev–Trinajstić information content (AvgIpc) is 3.00. The van der Waals surface area contributed by atoms with Crippen molar-refractivity contribution < 1.29 is 9.53 Å². The smallest absolute Gasteiger partial charge is 0.306 e. The normalized spacial score (nSPS) is 24.3. The Hall–Kier alpha value is -1.35. The minimum atomic E-state index is 0.0121. The van der Waals surface area contributed by atoms with Crippen LogP contribution in [0, 0.1) is 0 Å². The maximum absolute atomic E-state index is 12.5. The number of rotatable bonds is 5. The molecule has 0 saturated heterocycles. The number of nitrogens with zero attached hydrogens (tertiary/aromatic N) is 1. The highest BCUT2D eigenvalue weighted by Gasteiger charge is 2.14. The molecule has 0 aliphatic heterocycles. The second-order valence-corrected chi connectivity index (χ2v) is 13.8. The SMILES string of the molecule is CN(C)CCCC(=O)OC1CCCCCCCC/C=C\C/C=C\CCCCCCCCCCC/C=C\CCCCCCCC1. The lowest BCUT2D eigenvalue weighted by atomic mass is 10.0. The molecule has 1 aliphatic rings. The first-order valence-electron chi connectivity index (χ1n) is 19.5. The molecule has 0 aromatic heterocycles. The summed E-state index contributed by atoms with van der Waals surface area (Å²) in [7, 11) is 4.13. The number of carbonyl (C=O) groups excluding carboxylic acids is 1. The molecule has 0 radical (unpaired) electrons. The Bertz CT molecular complexity index is 695. The Kier molecular flexibility index (Phi) is 30.5. The van der Waals surface area contributed by atoms with Gasteiger partial charge in [-0.1, -0.05) is 133 Å². The van der Waals surface area contributed by atoms with Crippen molar-refractivity contribution in [2.45, 2.75) is 199 Å². The van der Waals surface area contributed by atoms with Crippen molar-refractivity contribution in [1.82, 2.24) is 4.90 Å². The summed E-state index contributed by atoms with van der Waals surface area (Å²) in [6.07, 6.45) is 52.3. The first-order chi connectivity index (χ1) is 21.7. The quantitative estimate of drug-likeness (QED) is 0.228. The molecule has 3 nitrogen and oxygen atoms in total. The van der Waals surface area contributed by atoms with Gasteiger partial charge in [-0.15, -0.1) is 0 Å². The van der Waals surface area contributed by atoms with Gasteiger partial charge in [0.05, 0.1) is 0 Å². The van der Waals surface area contributed by atoms with Gasteiger partial charge in [-0.2, -0.15) is 0 Å². The number of allylic oxidation sites excluding steroid dienone is 6. The van der Waals surface area contributed by atoms with E-state index < -0.39 is 0 Å². The van der Waals surface area contributed by atoms with Crippen molar-refractivity contribution in [3.05, 3.63) is 36.5 Å². The predicted molar refractivity (Wildman–Crippen MR) is 194 cm³/mol. The molecule has 1 atom stereocenters. The fourth-order valence-electron chi connectivity index (χ4n) is 6.23. The van der Waals surface area contributed by atoms with E-state index >= 15 is 0 Å². The standard InChI is InChI=1S/C41H75NO2/c1-42(2)39-35-38-41(43)44-40-36-33-31-29-27-25-23-21-19-17-15-13-11-9-7-5-3-4-6-8-10-12-14-16-18-20-22-24-26-28-30-32-34-37-40/h11,13,17-20,40H,3-10,12,14-16,21-39H2,1-2H3/b13-11-,19-17-,20-18-. The van der Waals surface area contributed by atoms with Crippen molar-refractivity contribution in [2.75, 3.05) is 20.6 Å². The molecule has 0 amide bonds. The molecule has 1 aliphatic carbocycles. The van der Waals surface area contributed by atoms with Crippen LogP contribution in [-0.2, 0) is 9.53 Å². The highest BCUT2D eigenvalue weighted by Crippen LogP contribution is 2.18. The average molecular weight is 614 g/mol. The minimum Gasteiger partial charge on any atom is -0.462 e. The molecule has 44 heavy (non-hydrogen) atoms. The van der Waals surface area contributed by atoms with E-state index in [4.69, 9.17) is 4.74 Å². The van der Waals surface area contributed by atoms with E-state index in [1.54, 1.807) is 0 Å². The number of hydrogen-bond acceptors (Lipinski definition) is 3. The van der Waals surface area contributed by atoms with Crippen LogP contribution in [0.15, 0.2) is 36.5 Å². The van der Waals surface area contributed by atoms with Crippen molar-refractivity contribution in [3.63, 3.8) is 0 Å². The molecule has 0 aromatic rings. The van der Waals surface area contributed by atoms with E-state index in [0.29, 0.717) is 6.42 Å². The maximum atomic E-state index is 12.5. The summed E-state index contributed by atoms with van der Waals surface area (Å²) < 4.78 is 6.00. The third-order valence-corrected chi connectivity index (χ3v) is 9.09. The first-order valence-corrected chi connectivity index (χ1v) is 19.5. The van der Waals surface area contributed by atoms with Gasteiger partial charge in [0.2, 0.25) is 0 Å². The van der Waals surface area contributed by atoms with Crippen LogP contribution in [-0.4, -0.2) is 37.6 Å². The topological polar surface area (TPSA) is 29.5 Å². The molecule has 0 spiro atoms. The molecule has 1 unspecified atom stereocenters. The van der Waals surface area contributed by atoms with Crippen LogP contribution < -0.4 is 0 Å². The molecule has 3 heteroatoms. The molecule has 0 heterocycles. The number of hydrogen-bond donors (Lipinski definition) is 0. The van der Waals surface area contributed by atoms with E-state index in [2.05, 4.69) is 55.5 Å². The van der Waals surface area contributed by atoms with Gasteiger partial charge in [0.15, 0.2) is 0 Å². The fourth-order valence-corrected chi connectivity index (χ4v) is 6.23. The lowest BCUT2D eigenvalue weighted by Crippen LogP contribution is -2.20. The third kappa shape index (κ3) is 30.7. The molecular weight excluding hydrogens is 538 g/mol. The zero-order valence-electron chi connectivity index (χ0n) is 29.7. The van der Waals surface area contributed by atoms with E-state index in [1.807, 2.05) is 0 Å². The minimum absolute atomic E-state index is 0.0121. The van der Waals surface area contributed by atoms with E-state index in [-0.39, 0.29) is 12.1 Å². The lowest BCUT2D eigenvalue weighted by molar-refractivity contribution is -0.150. The summed E-state index contributed by atoms with van der Waals surface area (Å²) in [5.41, 5.74) is 0. The molecule has 0 bridgehead atoms. The summed E-state index contributed by atoms with van der Waals surface area (Å²) in [5.74, 6) is 0.0121. The van der Waals surface area contributed by atoms with Gasteiger partial charge >= 0.3 is 5.97 Å². The van der Waals surface area contributed by atoms with E-state index in [9.17, 15) is 4.79 Å². The van der Waals surface area contributed by atoms with Crippen LogP contribution in [0.2, 0.25) is 0 Å². The molecule has 0 fully saturated rings. The predicted octanol–water partition coefficient (Wildman–Crippen LogP) is 12.8. The van der Waals surface area contributed by atoms with Crippen LogP contribution in [0.5, 0.6) is 0 Å². The fraction of sp³-hybridized carbons (Fsp3) is 0.829. The van der Waals surface area contributed by atoms with E-state index in [0.717, 1.165) is 32.2 Å². The molecule has 256 valence electrons. The van der Waals surface area contributed by atoms with Gasteiger partial charge in [0.25, 0.3) is 0 Å². The van der Waals surface area contributed by atoms with Crippen LogP contribution in [0.4, 0.5) is 0 Å². The Morgan fingerprint density at radius 1 is 0.523 bits per heavy atom. The summed E-state index contributed by atoms with van der Waals surface area (Å²) >= 11 is 0. The van der Waals surface area contributed by atoms with Gasteiger partial charge in [0.1, 0.15) is 6.10 Å². The largest absolute Gasteiger partial charge is 0.462 e. The Labute approximate surface area is 275 Å². The monoisotopic (exact) mass is 614 g/mol. The molecule has 0 saturated carbocycles. The van der Waals surface area contributed by atoms with Gasteiger partial charge in [0, 0.05) is 6.42 Å². The number of esters is 1. The lowest BCUT2D eigenvalue weighted by Gasteiger charge is -2.18. The van der Waals surface area contributed by atoms with Crippen molar-refractivity contribution in [3.8, 4) is 0 Å². The van der Waals surface area contributed by atoms with E-state index in [1.165, 1.54) is 161 Å². The van der Waals surface area contributed by atoms with Crippen LogP contribution in [0.25, 0.3) is 0 Å². The van der Waals surface area contributed by atoms with Crippen LogP contribution >= 0.6 is 0 Å². The maximum Gasteiger partial charge on any atom is 0.306 e. The zero-order chi connectivity index (χ0) is 31.6. The summed E-state index contributed by atoms with van der Waals surface area (Å²) in [4.78, 5) is 14.6. The number of ether oxygens (including phenoxy) is 1. The van der Waals surface area contributed by atoms with Crippen LogP contribution in [0.1, 0.15) is 193 Å². The Morgan fingerprint density at radius 3 is 1.25 bits per heavy atom. The molecule has 1 rings (SSSR count). The second kappa shape index (κ2) is 33.0. The molecular formula is C41H75NO2. The van der Waals surface area contributed by atoms with Gasteiger partial charge in [-0.05, 0) is 111 Å². The van der Waals surface area contributed by atoms with Gasteiger partial charge in [-0.3, -0.25) is 4.79 Å². The zero-order valence-corrected chi connectivity index (χ0v) is 29.7. The number of carbonyl (C=O) groups is 1. The Morgan fingerprint density at radius 2 is 0.864 bits per heavy atom. The second-order valence-electron chi connectivity index (χ2n) is 13.8. The molecule has 0 aromatic carbocycles. The molecule has 0 N–H and O–H groups in total. The van der Waals surface area contributed by atoms with Crippen molar-refractivity contribution >= 4 is 5.97 Å². The van der Waals surface area contributed by atoms with Crippen molar-refractivity contribution in [1.29, 1.82) is 0 Å². The highest BCUT2D eigenvalue weighted by atomic mass is 16.5. The van der Waals surface area contributed by atoms with Gasteiger partial charge < -0.3 is 9.64 Å². The Balaban J connectivity index is 2.37. The van der Waals surface area contributed by atoms with Gasteiger partial charge in [-0.25, -0.2) is 0 Å².